The van der Waals surface area contributed by atoms with Gasteiger partial charge in [-0.3, -0.25) is 0 Å². The van der Waals surface area contributed by atoms with Gasteiger partial charge in [-0.15, -0.1) is 0 Å². The van der Waals surface area contributed by atoms with Crippen molar-refractivity contribution in [3.8, 4) is 0 Å². The molecule has 0 unspecified atom stereocenters. The molecule has 1 nitrogen and oxygen atoms in total. The smallest absolute Gasteiger partial charge is 0.129 e. The molecule has 0 aliphatic rings. The van der Waals surface area contributed by atoms with Crippen molar-refractivity contribution >= 4 is 5.78 Å². The molecule has 0 atom stereocenters. The first-order chi connectivity index (χ1) is 8.27. The maximum atomic E-state index is 10.7. The fraction of sp³-hybridized carbons (Fsp3) is 0.562. The quantitative estimate of drug-likeness (QED) is 0.384. The van der Waals surface area contributed by atoms with Crippen molar-refractivity contribution in [2.24, 2.45) is 0 Å². The van der Waals surface area contributed by atoms with E-state index in [9.17, 15) is 4.79 Å². The Morgan fingerprint density at radius 2 is 1.53 bits per heavy atom. The number of ketones is 1. The summed E-state index contributed by atoms with van der Waals surface area (Å²) in [6.07, 6.45) is 20.5. The molecule has 0 aromatic heterocycles. The number of Topliss-reactive ketones (excluding diaryl/α,β-unsaturated/α-hetero) is 1. The minimum atomic E-state index is 0.320. The first-order valence-electron chi connectivity index (χ1n) is 6.71. The average Bonchev–Trinajstić information content (AvgIpc) is 2.30. The van der Waals surface area contributed by atoms with Crippen LogP contribution in [0.3, 0.4) is 0 Å². The Bertz CT molecular complexity index is 259. The monoisotopic (exact) mass is 234 g/mol. The highest BCUT2D eigenvalue weighted by Crippen LogP contribution is 2.07. The lowest BCUT2D eigenvalue weighted by Crippen LogP contribution is -1.89. The molecule has 0 N–H and O–H groups in total. The summed E-state index contributed by atoms with van der Waals surface area (Å²) in [7, 11) is 0. The summed E-state index contributed by atoms with van der Waals surface area (Å²) in [4.78, 5) is 10.7. The first-order valence-corrected chi connectivity index (χ1v) is 6.71. The van der Waals surface area contributed by atoms with Gasteiger partial charge >= 0.3 is 0 Å². The van der Waals surface area contributed by atoms with Crippen molar-refractivity contribution in [1.82, 2.24) is 0 Å². The van der Waals surface area contributed by atoms with E-state index in [1.54, 1.807) is 6.92 Å². The van der Waals surface area contributed by atoms with E-state index in [4.69, 9.17) is 0 Å². The van der Waals surface area contributed by atoms with E-state index < -0.39 is 0 Å². The SMILES string of the molecule is CC=CC=CC=CCCCCCCCC(C)=O. The largest absolute Gasteiger partial charge is 0.300 e. The van der Waals surface area contributed by atoms with Gasteiger partial charge in [0.15, 0.2) is 0 Å². The van der Waals surface area contributed by atoms with Crippen molar-refractivity contribution in [3.63, 3.8) is 0 Å². The Kier molecular flexibility index (Phi) is 12.1. The molecule has 0 heterocycles. The molecule has 0 aromatic carbocycles. The number of carbonyl (C=O) groups is 1. The predicted molar refractivity (Wildman–Crippen MR) is 76.1 cm³/mol. The normalized spacial score (nSPS) is 12.1. The van der Waals surface area contributed by atoms with E-state index in [1.807, 2.05) is 25.2 Å². The van der Waals surface area contributed by atoms with E-state index in [1.165, 1.54) is 25.7 Å². The van der Waals surface area contributed by atoms with Crippen LogP contribution in [0.25, 0.3) is 0 Å². The summed E-state index contributed by atoms with van der Waals surface area (Å²) in [5.74, 6) is 0.320. The summed E-state index contributed by atoms with van der Waals surface area (Å²) >= 11 is 0. The second kappa shape index (κ2) is 13.0. The van der Waals surface area contributed by atoms with Gasteiger partial charge < -0.3 is 4.79 Å². The minimum Gasteiger partial charge on any atom is -0.300 e. The number of rotatable bonds is 10. The van der Waals surface area contributed by atoms with Gasteiger partial charge in [-0.25, -0.2) is 0 Å². The van der Waals surface area contributed by atoms with Crippen LogP contribution in [0.5, 0.6) is 0 Å². The Morgan fingerprint density at radius 1 is 0.882 bits per heavy atom. The maximum Gasteiger partial charge on any atom is 0.129 e. The Hall–Kier alpha value is -1.11. The van der Waals surface area contributed by atoms with Crippen LogP contribution < -0.4 is 0 Å². The molecule has 0 aliphatic heterocycles. The van der Waals surface area contributed by atoms with Gasteiger partial charge in [0.05, 0.1) is 0 Å². The molecule has 0 amide bonds. The summed E-state index contributed by atoms with van der Waals surface area (Å²) in [5, 5.41) is 0. The van der Waals surface area contributed by atoms with Gasteiger partial charge in [0.25, 0.3) is 0 Å². The van der Waals surface area contributed by atoms with Crippen LogP contribution in [-0.4, -0.2) is 5.78 Å². The van der Waals surface area contributed by atoms with Crippen molar-refractivity contribution in [2.45, 2.75) is 58.8 Å². The van der Waals surface area contributed by atoms with Gasteiger partial charge in [-0.05, 0) is 33.1 Å². The zero-order valence-electron chi connectivity index (χ0n) is 11.3. The highest BCUT2D eigenvalue weighted by molar-refractivity contribution is 5.75. The maximum absolute atomic E-state index is 10.7. The summed E-state index contributed by atoms with van der Waals surface area (Å²) in [5.41, 5.74) is 0. The Morgan fingerprint density at radius 3 is 2.24 bits per heavy atom. The third-order valence-electron chi connectivity index (χ3n) is 2.56. The van der Waals surface area contributed by atoms with Crippen LogP contribution in [0.15, 0.2) is 36.5 Å². The molecule has 0 saturated heterocycles. The van der Waals surface area contributed by atoms with Crippen molar-refractivity contribution in [3.05, 3.63) is 36.5 Å². The van der Waals surface area contributed by atoms with E-state index >= 15 is 0 Å². The lowest BCUT2D eigenvalue weighted by atomic mass is 10.1. The molecule has 0 fully saturated rings. The van der Waals surface area contributed by atoms with E-state index in [0.29, 0.717) is 5.78 Å². The molecule has 0 aromatic rings. The molecule has 0 spiro atoms. The second-order valence-corrected chi connectivity index (χ2v) is 4.35. The average molecular weight is 234 g/mol. The fourth-order valence-corrected chi connectivity index (χ4v) is 1.58. The van der Waals surface area contributed by atoms with Crippen LogP contribution in [0.1, 0.15) is 58.8 Å². The zero-order chi connectivity index (χ0) is 12.8. The molecular weight excluding hydrogens is 208 g/mol. The van der Waals surface area contributed by atoms with Gasteiger partial charge in [0.2, 0.25) is 0 Å². The van der Waals surface area contributed by atoms with Crippen LogP contribution in [0.2, 0.25) is 0 Å². The molecule has 1 heteroatoms. The topological polar surface area (TPSA) is 17.1 Å². The third-order valence-corrected chi connectivity index (χ3v) is 2.56. The molecule has 17 heavy (non-hydrogen) atoms. The van der Waals surface area contributed by atoms with Crippen LogP contribution in [-0.2, 0) is 4.79 Å². The standard InChI is InChI=1S/C16H26O/c1-3-4-5-6-7-8-9-10-11-12-13-14-15-16(2)17/h3-8H,9-15H2,1-2H3. The molecular formula is C16H26O. The number of unbranched alkanes of at least 4 members (excludes halogenated alkanes) is 5. The molecule has 0 radical (unpaired) electrons. The lowest BCUT2D eigenvalue weighted by Gasteiger charge is -1.98. The van der Waals surface area contributed by atoms with Crippen molar-refractivity contribution in [1.29, 1.82) is 0 Å². The van der Waals surface area contributed by atoms with Crippen LogP contribution in [0, 0.1) is 0 Å². The summed E-state index contributed by atoms with van der Waals surface area (Å²) < 4.78 is 0. The van der Waals surface area contributed by atoms with Crippen molar-refractivity contribution < 1.29 is 4.79 Å². The molecule has 96 valence electrons. The summed E-state index contributed by atoms with van der Waals surface area (Å²) in [6, 6.07) is 0. The molecule has 0 bridgehead atoms. The number of carbonyl (C=O) groups excluding carboxylic acids is 1. The van der Waals surface area contributed by atoms with Crippen molar-refractivity contribution in [2.75, 3.05) is 0 Å². The minimum absolute atomic E-state index is 0.320. The fourth-order valence-electron chi connectivity index (χ4n) is 1.58. The highest BCUT2D eigenvalue weighted by atomic mass is 16.1. The van der Waals surface area contributed by atoms with Gasteiger partial charge in [0, 0.05) is 6.42 Å². The van der Waals surface area contributed by atoms with Crippen LogP contribution >= 0.6 is 0 Å². The Balaban J connectivity index is 3.20. The van der Waals surface area contributed by atoms with E-state index in [0.717, 1.165) is 19.3 Å². The lowest BCUT2D eigenvalue weighted by molar-refractivity contribution is -0.117. The number of hydrogen-bond donors (Lipinski definition) is 0. The van der Waals surface area contributed by atoms with Gasteiger partial charge in [0.1, 0.15) is 5.78 Å². The molecule has 0 aliphatic carbocycles. The zero-order valence-corrected chi connectivity index (χ0v) is 11.3. The highest BCUT2D eigenvalue weighted by Gasteiger charge is 1.93. The predicted octanol–water partition coefficient (Wildman–Crippen LogP) is 4.99. The van der Waals surface area contributed by atoms with Gasteiger partial charge in [-0.2, -0.15) is 0 Å². The summed E-state index contributed by atoms with van der Waals surface area (Å²) in [6.45, 7) is 3.69. The molecule has 0 saturated carbocycles. The Labute approximate surface area is 106 Å². The molecule has 0 rings (SSSR count). The first kappa shape index (κ1) is 15.9. The van der Waals surface area contributed by atoms with E-state index in [-0.39, 0.29) is 0 Å². The van der Waals surface area contributed by atoms with Gasteiger partial charge in [-0.1, -0.05) is 55.7 Å². The van der Waals surface area contributed by atoms with E-state index in [2.05, 4.69) is 18.2 Å². The third kappa shape index (κ3) is 14.9. The number of hydrogen-bond acceptors (Lipinski definition) is 1. The second-order valence-electron chi connectivity index (χ2n) is 4.35. The van der Waals surface area contributed by atoms with Crippen LogP contribution in [0.4, 0.5) is 0 Å². The number of allylic oxidation sites excluding steroid dienone is 6.